The van der Waals surface area contributed by atoms with E-state index in [1.54, 1.807) is 11.0 Å². The van der Waals surface area contributed by atoms with Crippen molar-refractivity contribution in [3.8, 4) is 5.75 Å². The number of nitrogens with zero attached hydrogens (tertiary/aromatic N) is 4. The van der Waals surface area contributed by atoms with Gasteiger partial charge in [0, 0.05) is 12.6 Å². The van der Waals surface area contributed by atoms with E-state index in [4.69, 9.17) is 4.74 Å². The molecular formula is C17H22N4O3. The third kappa shape index (κ3) is 3.56. The molecule has 24 heavy (non-hydrogen) atoms. The first-order valence-corrected chi connectivity index (χ1v) is 8.16. The highest BCUT2D eigenvalue weighted by Gasteiger charge is 2.26. The second-order valence-corrected chi connectivity index (χ2v) is 5.71. The molecule has 0 amide bonds. The van der Waals surface area contributed by atoms with Crippen molar-refractivity contribution in [1.29, 1.82) is 0 Å². The van der Waals surface area contributed by atoms with Gasteiger partial charge in [0.25, 0.3) is 5.82 Å². The molecule has 1 aromatic heterocycles. The van der Waals surface area contributed by atoms with Crippen LogP contribution in [0.1, 0.15) is 42.0 Å². The predicted molar refractivity (Wildman–Crippen MR) is 87.7 cm³/mol. The van der Waals surface area contributed by atoms with Gasteiger partial charge in [-0.2, -0.15) is 0 Å². The van der Waals surface area contributed by atoms with E-state index in [0.29, 0.717) is 19.3 Å². The maximum absolute atomic E-state index is 11.4. The van der Waals surface area contributed by atoms with Gasteiger partial charge in [-0.15, -0.1) is 5.10 Å². The highest BCUT2D eigenvalue weighted by molar-refractivity contribution is 5.84. The van der Waals surface area contributed by atoms with Crippen molar-refractivity contribution in [3.05, 3.63) is 42.0 Å². The molecule has 1 aliphatic heterocycles. The van der Waals surface area contributed by atoms with Crippen LogP contribution in [0, 0.1) is 0 Å². The van der Waals surface area contributed by atoms with Crippen LogP contribution < -0.4 is 4.74 Å². The molecule has 0 aliphatic carbocycles. The van der Waals surface area contributed by atoms with Crippen molar-refractivity contribution in [2.24, 2.45) is 0 Å². The van der Waals surface area contributed by atoms with Gasteiger partial charge in [0.1, 0.15) is 12.1 Å². The quantitative estimate of drug-likeness (QED) is 0.757. The molecule has 0 bridgehead atoms. The van der Waals surface area contributed by atoms with Gasteiger partial charge in [0.15, 0.2) is 0 Å². The Kier molecular flexibility index (Phi) is 5.10. The molecule has 1 saturated heterocycles. The minimum absolute atomic E-state index is 0.0920. The zero-order chi connectivity index (χ0) is 16.9. The summed E-state index contributed by atoms with van der Waals surface area (Å²) >= 11 is 0. The number of hydrogen-bond acceptors (Lipinski definition) is 6. The van der Waals surface area contributed by atoms with Gasteiger partial charge in [-0.05, 0) is 37.5 Å². The molecule has 0 unspecified atom stereocenters. The molecule has 7 heteroatoms. The minimum atomic E-state index is -0.516. The molecule has 1 aliphatic rings. The Balaban J connectivity index is 1.69. The van der Waals surface area contributed by atoms with Gasteiger partial charge in [-0.1, -0.05) is 12.1 Å². The molecule has 3 rings (SSSR count). The van der Waals surface area contributed by atoms with Crippen LogP contribution in [0.2, 0.25) is 0 Å². The zero-order valence-corrected chi connectivity index (χ0v) is 14.0. The highest BCUT2D eigenvalue weighted by Crippen LogP contribution is 2.32. The smallest absolute Gasteiger partial charge is 0.377 e. The normalized spacial score (nSPS) is 17.8. The molecule has 2 aromatic rings. The number of likely N-dealkylation sites (tertiary alicyclic amines) is 1. The van der Waals surface area contributed by atoms with E-state index in [1.165, 1.54) is 12.7 Å². The van der Waals surface area contributed by atoms with Crippen LogP contribution in [-0.4, -0.2) is 45.9 Å². The molecular weight excluding hydrogens is 308 g/mol. The lowest BCUT2D eigenvalue weighted by molar-refractivity contribution is 0.0585. The van der Waals surface area contributed by atoms with Crippen molar-refractivity contribution in [3.63, 3.8) is 0 Å². The van der Waals surface area contributed by atoms with Gasteiger partial charge in [0.05, 0.1) is 20.4 Å². The van der Waals surface area contributed by atoms with Gasteiger partial charge in [0.2, 0.25) is 0 Å². The first-order valence-electron chi connectivity index (χ1n) is 8.16. The van der Waals surface area contributed by atoms with E-state index in [9.17, 15) is 4.79 Å². The van der Waals surface area contributed by atoms with Crippen LogP contribution in [-0.2, 0) is 11.4 Å². The van der Waals surface area contributed by atoms with Crippen LogP contribution >= 0.6 is 0 Å². The lowest BCUT2D eigenvalue weighted by Gasteiger charge is -2.24. The molecule has 0 N–H and O–H groups in total. The Morgan fingerprint density at radius 1 is 1.33 bits per heavy atom. The fourth-order valence-electron chi connectivity index (χ4n) is 3.06. The molecule has 0 saturated carbocycles. The van der Waals surface area contributed by atoms with E-state index < -0.39 is 5.97 Å². The zero-order valence-electron chi connectivity index (χ0n) is 14.0. The molecule has 1 aromatic carbocycles. The first kappa shape index (κ1) is 16.4. The molecule has 7 nitrogen and oxygen atoms in total. The Morgan fingerprint density at radius 2 is 2.12 bits per heavy atom. The summed E-state index contributed by atoms with van der Waals surface area (Å²) in [6.45, 7) is 4.24. The van der Waals surface area contributed by atoms with Crippen LogP contribution in [0.15, 0.2) is 30.6 Å². The third-order valence-corrected chi connectivity index (χ3v) is 4.17. The lowest BCUT2D eigenvalue weighted by Crippen LogP contribution is -2.26. The summed E-state index contributed by atoms with van der Waals surface area (Å²) in [5.41, 5.74) is 1.27. The molecule has 0 spiro atoms. The van der Waals surface area contributed by atoms with Crippen LogP contribution in [0.3, 0.4) is 0 Å². The maximum Gasteiger partial charge on any atom is 0.377 e. The monoisotopic (exact) mass is 330 g/mol. The summed E-state index contributed by atoms with van der Waals surface area (Å²) in [4.78, 5) is 17.8. The van der Waals surface area contributed by atoms with E-state index in [2.05, 4.69) is 31.9 Å². The average Bonchev–Trinajstić information content (AvgIpc) is 3.25. The number of hydrogen-bond donors (Lipinski definition) is 0. The molecule has 1 fully saturated rings. The van der Waals surface area contributed by atoms with Gasteiger partial charge >= 0.3 is 5.97 Å². The number of aromatic nitrogens is 3. The fourth-order valence-corrected chi connectivity index (χ4v) is 3.06. The summed E-state index contributed by atoms with van der Waals surface area (Å²) in [7, 11) is 1.32. The Hall–Kier alpha value is -2.41. The molecule has 2 heterocycles. The topological polar surface area (TPSA) is 69.5 Å². The fraction of sp³-hybridized carbons (Fsp3) is 0.471. The SMILES string of the molecule is CCOc1ccc([C@H]2CCCN2Cn2cnc(C(=O)OC)n2)cc1. The van der Waals surface area contributed by atoms with Crippen molar-refractivity contribution in [2.45, 2.75) is 32.5 Å². The minimum Gasteiger partial charge on any atom is -0.494 e. The second kappa shape index (κ2) is 7.44. The summed E-state index contributed by atoms with van der Waals surface area (Å²) in [5.74, 6) is 0.470. The average molecular weight is 330 g/mol. The van der Waals surface area contributed by atoms with Crippen molar-refractivity contribution in [1.82, 2.24) is 19.7 Å². The number of esters is 1. The van der Waals surface area contributed by atoms with E-state index in [1.807, 2.05) is 19.1 Å². The van der Waals surface area contributed by atoms with Crippen LogP contribution in [0.5, 0.6) is 5.75 Å². The summed E-state index contributed by atoms with van der Waals surface area (Å²) in [6, 6.07) is 8.61. The first-order chi connectivity index (χ1) is 11.7. The van der Waals surface area contributed by atoms with E-state index in [0.717, 1.165) is 25.1 Å². The summed E-state index contributed by atoms with van der Waals surface area (Å²) < 4.78 is 11.8. The van der Waals surface area contributed by atoms with Crippen molar-refractivity contribution in [2.75, 3.05) is 20.3 Å². The Bertz CT molecular complexity index is 683. The Morgan fingerprint density at radius 3 is 2.83 bits per heavy atom. The summed E-state index contributed by atoms with van der Waals surface area (Å²) in [5, 5.41) is 4.18. The second-order valence-electron chi connectivity index (χ2n) is 5.71. The van der Waals surface area contributed by atoms with Gasteiger partial charge < -0.3 is 9.47 Å². The number of rotatable bonds is 6. The maximum atomic E-state index is 11.4. The standard InChI is InChI=1S/C17H22N4O3/c1-3-24-14-8-6-13(7-9-14)15-5-4-10-20(15)12-21-11-18-16(19-21)17(22)23-2/h6-9,11,15H,3-5,10,12H2,1-2H3/t15-/m1/s1. The largest absolute Gasteiger partial charge is 0.494 e. The highest BCUT2D eigenvalue weighted by atomic mass is 16.5. The number of carbonyl (C=O) groups is 1. The number of ether oxygens (including phenoxy) is 2. The van der Waals surface area contributed by atoms with E-state index in [-0.39, 0.29) is 5.82 Å². The Labute approximate surface area is 141 Å². The van der Waals surface area contributed by atoms with E-state index >= 15 is 0 Å². The third-order valence-electron chi connectivity index (χ3n) is 4.17. The molecule has 0 radical (unpaired) electrons. The van der Waals surface area contributed by atoms with Gasteiger partial charge in [-0.25, -0.2) is 14.5 Å². The predicted octanol–water partition coefficient (Wildman–Crippen LogP) is 2.26. The number of carbonyl (C=O) groups excluding carboxylic acids is 1. The van der Waals surface area contributed by atoms with Crippen LogP contribution in [0.25, 0.3) is 0 Å². The van der Waals surface area contributed by atoms with Crippen LogP contribution in [0.4, 0.5) is 0 Å². The van der Waals surface area contributed by atoms with Crippen molar-refractivity contribution >= 4 is 5.97 Å². The number of benzene rings is 1. The summed E-state index contributed by atoms with van der Waals surface area (Å²) in [6.07, 6.45) is 3.81. The van der Waals surface area contributed by atoms with Gasteiger partial charge in [-0.3, -0.25) is 4.90 Å². The van der Waals surface area contributed by atoms with Crippen molar-refractivity contribution < 1.29 is 14.3 Å². The number of methoxy groups -OCH3 is 1. The lowest BCUT2D eigenvalue weighted by atomic mass is 10.0. The molecule has 128 valence electrons. The molecule has 1 atom stereocenters.